The fourth-order valence-electron chi connectivity index (χ4n) is 3.05. The normalized spacial score (nSPS) is 19.7. The molecule has 1 aliphatic rings. The number of aromatic amines is 1. The Kier molecular flexibility index (Phi) is 4.35. The van der Waals surface area contributed by atoms with E-state index in [1.807, 2.05) is 6.92 Å². The van der Waals surface area contributed by atoms with Crippen molar-refractivity contribution in [3.05, 3.63) is 38.9 Å². The lowest BCUT2D eigenvalue weighted by atomic mass is 10.1. The lowest BCUT2D eigenvalue weighted by Crippen LogP contribution is -2.27. The SMILES string of the molecule is CCC[C@@H]1C[C@H]1NC(=O)c1ccc2c(=O)n(CC)c(=S)[nH]c2c1. The summed E-state index contributed by atoms with van der Waals surface area (Å²) in [4.78, 5) is 27.7. The van der Waals surface area contributed by atoms with Crippen molar-refractivity contribution in [1.82, 2.24) is 14.9 Å². The predicted molar refractivity (Wildman–Crippen MR) is 93.3 cm³/mol. The lowest BCUT2D eigenvalue weighted by Gasteiger charge is -2.08. The van der Waals surface area contributed by atoms with E-state index >= 15 is 0 Å². The maximum absolute atomic E-state index is 12.3. The monoisotopic (exact) mass is 331 g/mol. The number of nitrogens with one attached hydrogen (secondary N) is 2. The van der Waals surface area contributed by atoms with Crippen molar-refractivity contribution in [2.45, 2.75) is 45.7 Å². The Bertz CT molecular complexity index is 868. The van der Waals surface area contributed by atoms with E-state index in [4.69, 9.17) is 12.2 Å². The summed E-state index contributed by atoms with van der Waals surface area (Å²) in [6.07, 6.45) is 3.37. The van der Waals surface area contributed by atoms with Gasteiger partial charge in [0.05, 0.1) is 10.9 Å². The zero-order valence-corrected chi connectivity index (χ0v) is 14.2. The highest BCUT2D eigenvalue weighted by Gasteiger charge is 2.37. The summed E-state index contributed by atoms with van der Waals surface area (Å²) in [5, 5.41) is 3.61. The van der Waals surface area contributed by atoms with Crippen molar-refractivity contribution in [3.8, 4) is 0 Å². The quantitative estimate of drug-likeness (QED) is 0.828. The third-order valence-electron chi connectivity index (χ3n) is 4.46. The van der Waals surface area contributed by atoms with Crippen LogP contribution in [0.15, 0.2) is 23.0 Å². The van der Waals surface area contributed by atoms with Gasteiger partial charge in [-0.25, -0.2) is 0 Å². The van der Waals surface area contributed by atoms with E-state index in [0.717, 1.165) is 19.3 Å². The van der Waals surface area contributed by atoms with Gasteiger partial charge in [0.25, 0.3) is 11.5 Å². The minimum Gasteiger partial charge on any atom is -0.349 e. The Morgan fingerprint density at radius 1 is 1.43 bits per heavy atom. The topological polar surface area (TPSA) is 66.9 Å². The fraction of sp³-hybridized carbons (Fsp3) is 0.471. The van der Waals surface area contributed by atoms with E-state index in [0.29, 0.717) is 39.7 Å². The molecule has 2 N–H and O–H groups in total. The first-order chi connectivity index (χ1) is 11.0. The second-order valence-corrected chi connectivity index (χ2v) is 6.49. The molecular formula is C17H21N3O2S. The summed E-state index contributed by atoms with van der Waals surface area (Å²) < 4.78 is 1.89. The first kappa shape index (κ1) is 15.9. The highest BCUT2D eigenvalue weighted by molar-refractivity contribution is 7.71. The zero-order valence-electron chi connectivity index (χ0n) is 13.4. The molecule has 6 heteroatoms. The van der Waals surface area contributed by atoms with Crippen LogP contribution in [0.4, 0.5) is 0 Å². The summed E-state index contributed by atoms with van der Waals surface area (Å²) in [5.41, 5.74) is 1.04. The molecule has 23 heavy (non-hydrogen) atoms. The molecule has 0 saturated heterocycles. The van der Waals surface area contributed by atoms with Gasteiger partial charge in [0.1, 0.15) is 0 Å². The highest BCUT2D eigenvalue weighted by atomic mass is 32.1. The van der Waals surface area contributed by atoms with Crippen molar-refractivity contribution in [2.75, 3.05) is 0 Å². The molecule has 0 spiro atoms. The van der Waals surface area contributed by atoms with Crippen molar-refractivity contribution in [2.24, 2.45) is 5.92 Å². The third-order valence-corrected chi connectivity index (χ3v) is 4.78. The molecule has 1 saturated carbocycles. The lowest BCUT2D eigenvalue weighted by molar-refractivity contribution is 0.0949. The Morgan fingerprint density at radius 3 is 2.91 bits per heavy atom. The van der Waals surface area contributed by atoms with Crippen LogP contribution in [0.2, 0.25) is 0 Å². The number of hydrogen-bond donors (Lipinski definition) is 2. The number of carbonyl (C=O) groups excluding carboxylic acids is 1. The molecule has 1 aromatic carbocycles. The van der Waals surface area contributed by atoms with Gasteiger partial charge in [0.2, 0.25) is 0 Å². The standard InChI is InChI=1S/C17H21N3O2S/c1-3-5-10-8-13(10)18-15(21)11-6-7-12-14(9-11)19-17(23)20(4-2)16(12)22/h6-7,9-10,13H,3-5,8H2,1-2H3,(H,18,21)(H,19,23)/t10-,13-/m1/s1. The van der Waals surface area contributed by atoms with Gasteiger partial charge in [0.15, 0.2) is 4.77 Å². The van der Waals surface area contributed by atoms with Gasteiger partial charge in [-0.1, -0.05) is 13.3 Å². The van der Waals surface area contributed by atoms with Gasteiger partial charge >= 0.3 is 0 Å². The molecule has 1 aliphatic carbocycles. The van der Waals surface area contributed by atoms with Crippen LogP contribution in [-0.2, 0) is 6.54 Å². The van der Waals surface area contributed by atoms with Crippen molar-refractivity contribution >= 4 is 29.0 Å². The van der Waals surface area contributed by atoms with Crippen LogP contribution < -0.4 is 10.9 Å². The van der Waals surface area contributed by atoms with E-state index in [-0.39, 0.29) is 11.5 Å². The number of aromatic nitrogens is 2. The second-order valence-electron chi connectivity index (χ2n) is 6.10. The first-order valence-corrected chi connectivity index (χ1v) is 8.53. The smallest absolute Gasteiger partial charge is 0.262 e. The Morgan fingerprint density at radius 2 is 2.22 bits per heavy atom. The van der Waals surface area contributed by atoms with Crippen LogP contribution >= 0.6 is 12.2 Å². The van der Waals surface area contributed by atoms with Crippen molar-refractivity contribution in [1.29, 1.82) is 0 Å². The fourth-order valence-corrected chi connectivity index (χ4v) is 3.37. The minimum atomic E-state index is -0.122. The maximum atomic E-state index is 12.3. The number of fused-ring (bicyclic) bond motifs is 1. The van der Waals surface area contributed by atoms with E-state index in [1.54, 1.807) is 18.2 Å². The molecule has 3 rings (SSSR count). The van der Waals surface area contributed by atoms with Crippen LogP contribution in [0.5, 0.6) is 0 Å². The average molecular weight is 331 g/mol. The molecule has 122 valence electrons. The maximum Gasteiger partial charge on any atom is 0.262 e. The second kappa shape index (κ2) is 6.28. The van der Waals surface area contributed by atoms with Gasteiger partial charge in [-0.05, 0) is 56.1 Å². The number of benzene rings is 1. The molecule has 0 aliphatic heterocycles. The van der Waals surface area contributed by atoms with Gasteiger partial charge in [-0.3, -0.25) is 14.2 Å². The van der Waals surface area contributed by atoms with Gasteiger partial charge < -0.3 is 10.3 Å². The number of carbonyl (C=O) groups is 1. The first-order valence-electron chi connectivity index (χ1n) is 8.12. The summed E-state index contributed by atoms with van der Waals surface area (Å²) in [5.74, 6) is 0.529. The predicted octanol–water partition coefficient (Wildman–Crippen LogP) is 3.00. The van der Waals surface area contributed by atoms with Crippen LogP contribution in [0.3, 0.4) is 0 Å². The molecule has 5 nitrogen and oxygen atoms in total. The third kappa shape index (κ3) is 3.08. The van der Waals surface area contributed by atoms with Crippen LogP contribution in [0.25, 0.3) is 10.9 Å². The Hall–Kier alpha value is -1.95. The average Bonchev–Trinajstić information content (AvgIpc) is 3.25. The Balaban J connectivity index is 1.87. The van der Waals surface area contributed by atoms with E-state index in [9.17, 15) is 9.59 Å². The number of nitrogens with zero attached hydrogens (tertiary/aromatic N) is 1. The molecule has 0 unspecified atom stereocenters. The summed E-state index contributed by atoms with van der Waals surface area (Å²) in [6.45, 7) is 4.56. The Labute approximate surface area is 139 Å². The molecule has 1 heterocycles. The van der Waals surface area contributed by atoms with Crippen molar-refractivity contribution in [3.63, 3.8) is 0 Å². The molecule has 1 amide bonds. The van der Waals surface area contributed by atoms with Crippen LogP contribution in [-0.4, -0.2) is 21.5 Å². The van der Waals surface area contributed by atoms with Gasteiger partial charge in [-0.15, -0.1) is 0 Å². The van der Waals surface area contributed by atoms with Crippen LogP contribution in [0, 0.1) is 10.7 Å². The van der Waals surface area contributed by atoms with Gasteiger partial charge in [-0.2, -0.15) is 0 Å². The van der Waals surface area contributed by atoms with E-state index < -0.39 is 0 Å². The summed E-state index contributed by atoms with van der Waals surface area (Å²) in [7, 11) is 0. The summed E-state index contributed by atoms with van der Waals surface area (Å²) >= 11 is 5.21. The molecular weight excluding hydrogens is 310 g/mol. The molecule has 1 aromatic heterocycles. The molecule has 1 fully saturated rings. The molecule has 2 aromatic rings. The molecule has 0 bridgehead atoms. The van der Waals surface area contributed by atoms with Crippen molar-refractivity contribution < 1.29 is 4.79 Å². The van der Waals surface area contributed by atoms with E-state index in [1.165, 1.54) is 4.57 Å². The number of hydrogen-bond acceptors (Lipinski definition) is 3. The largest absolute Gasteiger partial charge is 0.349 e. The number of amides is 1. The highest BCUT2D eigenvalue weighted by Crippen LogP contribution is 2.34. The molecule has 2 atom stereocenters. The van der Waals surface area contributed by atoms with E-state index in [2.05, 4.69) is 17.2 Å². The zero-order chi connectivity index (χ0) is 16.6. The summed E-state index contributed by atoms with van der Waals surface area (Å²) in [6, 6.07) is 5.40. The minimum absolute atomic E-state index is 0.0884. The number of rotatable bonds is 5. The molecule has 0 radical (unpaired) electrons. The van der Waals surface area contributed by atoms with Gasteiger partial charge in [0, 0.05) is 18.2 Å². The number of H-pyrrole nitrogens is 1. The van der Waals surface area contributed by atoms with Crippen LogP contribution in [0.1, 0.15) is 43.5 Å².